The van der Waals surface area contributed by atoms with Crippen molar-refractivity contribution >= 4 is 5.91 Å². The summed E-state index contributed by atoms with van der Waals surface area (Å²) in [5.74, 6) is 0.536. The average molecular weight is 436 g/mol. The molecule has 0 aromatic heterocycles. The summed E-state index contributed by atoms with van der Waals surface area (Å²) in [6.07, 6.45) is 6.65. The summed E-state index contributed by atoms with van der Waals surface area (Å²) >= 11 is 0. The summed E-state index contributed by atoms with van der Waals surface area (Å²) < 4.78 is 13.4. The van der Waals surface area contributed by atoms with Gasteiger partial charge in [-0.25, -0.2) is 4.39 Å². The molecule has 5 heteroatoms. The second-order valence-electron chi connectivity index (χ2n) is 10.3. The van der Waals surface area contributed by atoms with Crippen molar-refractivity contribution < 1.29 is 9.18 Å². The molecule has 2 aliphatic carbocycles. The Hall–Kier alpha value is -2.24. The number of amides is 1. The molecule has 2 saturated carbocycles. The van der Waals surface area contributed by atoms with Crippen LogP contribution in [0, 0.1) is 11.2 Å². The van der Waals surface area contributed by atoms with Crippen LogP contribution in [-0.2, 0) is 11.2 Å². The van der Waals surface area contributed by atoms with Crippen molar-refractivity contribution in [2.45, 2.75) is 62.4 Å². The highest BCUT2D eigenvalue weighted by Crippen LogP contribution is 2.43. The number of halogens is 1. The number of carbonyl (C=O) groups is 1. The molecule has 0 bridgehead atoms. The topological polar surface area (TPSA) is 58.4 Å². The van der Waals surface area contributed by atoms with Gasteiger partial charge >= 0.3 is 0 Å². The van der Waals surface area contributed by atoms with Crippen molar-refractivity contribution in [3.63, 3.8) is 0 Å². The molecule has 1 amide bonds. The molecule has 2 aromatic rings. The van der Waals surface area contributed by atoms with Gasteiger partial charge in [-0.15, -0.1) is 0 Å². The fourth-order valence-corrected chi connectivity index (χ4v) is 5.56. The Morgan fingerprint density at radius 2 is 1.72 bits per heavy atom. The second kappa shape index (κ2) is 8.60. The van der Waals surface area contributed by atoms with Crippen LogP contribution in [0.4, 0.5) is 4.39 Å². The van der Waals surface area contributed by atoms with Crippen molar-refractivity contribution in [2.24, 2.45) is 11.1 Å². The summed E-state index contributed by atoms with van der Waals surface area (Å²) in [4.78, 5) is 14.9. The molecular formula is C27H34FN3O. The molecule has 0 spiro atoms. The van der Waals surface area contributed by atoms with Crippen molar-refractivity contribution in [2.75, 3.05) is 19.6 Å². The van der Waals surface area contributed by atoms with E-state index in [1.165, 1.54) is 12.0 Å². The third kappa shape index (κ3) is 4.46. The average Bonchev–Trinajstić information content (AvgIpc) is 3.58. The van der Waals surface area contributed by atoms with E-state index >= 15 is 0 Å². The lowest BCUT2D eigenvalue weighted by Crippen LogP contribution is -2.61. The number of nitrogens with one attached hydrogen (secondary N) is 1. The number of nitrogens with zero attached hydrogens (tertiary/aromatic N) is 1. The van der Waals surface area contributed by atoms with Gasteiger partial charge in [-0.1, -0.05) is 42.5 Å². The molecule has 2 atom stereocenters. The third-order valence-electron chi connectivity index (χ3n) is 8.03. The minimum absolute atomic E-state index is 0.0693. The molecule has 2 aromatic carbocycles. The molecule has 32 heavy (non-hydrogen) atoms. The number of hydrogen-bond donors (Lipinski definition) is 2. The molecular weight excluding hydrogens is 401 g/mol. The van der Waals surface area contributed by atoms with Gasteiger partial charge in [0, 0.05) is 31.6 Å². The summed E-state index contributed by atoms with van der Waals surface area (Å²) in [6, 6.07) is 18.2. The van der Waals surface area contributed by atoms with Gasteiger partial charge in [-0.2, -0.15) is 0 Å². The lowest BCUT2D eigenvalue weighted by Gasteiger charge is -2.46. The van der Waals surface area contributed by atoms with Gasteiger partial charge < -0.3 is 16.0 Å². The summed E-state index contributed by atoms with van der Waals surface area (Å²) in [7, 11) is 0. The number of likely N-dealkylation sites (tertiary alicyclic amines) is 1. The monoisotopic (exact) mass is 435 g/mol. The SMILES string of the molecule is NC1(C(=O)N2CCC(CN[C@@H]3C[C@H]3c3ccccc3)(Cc3ccc(F)cc3)CC2)CCC1. The molecule has 1 heterocycles. The van der Waals surface area contributed by atoms with Crippen LogP contribution in [0.15, 0.2) is 54.6 Å². The van der Waals surface area contributed by atoms with Crippen LogP contribution >= 0.6 is 0 Å². The highest BCUT2D eigenvalue weighted by Gasteiger charge is 2.46. The smallest absolute Gasteiger partial charge is 0.242 e. The van der Waals surface area contributed by atoms with Gasteiger partial charge in [0.1, 0.15) is 5.82 Å². The molecule has 0 radical (unpaired) electrons. The summed E-state index contributed by atoms with van der Waals surface area (Å²) in [5.41, 5.74) is 8.34. The van der Waals surface area contributed by atoms with E-state index < -0.39 is 5.54 Å². The van der Waals surface area contributed by atoms with Crippen LogP contribution in [0.3, 0.4) is 0 Å². The molecule has 170 valence electrons. The Kier molecular flexibility index (Phi) is 5.81. The maximum Gasteiger partial charge on any atom is 0.242 e. The molecule has 3 aliphatic rings. The van der Waals surface area contributed by atoms with E-state index in [4.69, 9.17) is 5.73 Å². The lowest BCUT2D eigenvalue weighted by molar-refractivity contribution is -0.142. The van der Waals surface area contributed by atoms with Gasteiger partial charge in [-0.3, -0.25) is 4.79 Å². The van der Waals surface area contributed by atoms with E-state index in [0.717, 1.165) is 63.7 Å². The van der Waals surface area contributed by atoms with Crippen LogP contribution in [0.5, 0.6) is 0 Å². The molecule has 1 aliphatic heterocycles. The second-order valence-corrected chi connectivity index (χ2v) is 10.3. The lowest BCUT2D eigenvalue weighted by atomic mass is 9.72. The molecule has 5 rings (SSSR count). The number of piperidine rings is 1. The molecule has 3 fully saturated rings. The number of rotatable bonds is 7. The number of hydrogen-bond acceptors (Lipinski definition) is 3. The van der Waals surface area contributed by atoms with Crippen LogP contribution in [0.2, 0.25) is 0 Å². The van der Waals surface area contributed by atoms with Gasteiger partial charge in [0.05, 0.1) is 5.54 Å². The largest absolute Gasteiger partial charge is 0.341 e. The predicted octanol–water partition coefficient (Wildman–Crippen LogP) is 4.00. The van der Waals surface area contributed by atoms with Crippen molar-refractivity contribution in [3.05, 3.63) is 71.5 Å². The van der Waals surface area contributed by atoms with E-state index in [9.17, 15) is 9.18 Å². The minimum atomic E-state index is -0.619. The van der Waals surface area contributed by atoms with Gasteiger partial charge in [0.15, 0.2) is 0 Å². The van der Waals surface area contributed by atoms with Crippen molar-refractivity contribution in [3.8, 4) is 0 Å². The zero-order chi connectivity index (χ0) is 22.2. The first-order valence-electron chi connectivity index (χ1n) is 12.1. The summed E-state index contributed by atoms with van der Waals surface area (Å²) in [6.45, 7) is 2.44. The standard InChI is InChI=1S/C27H34FN3O/c28-22-9-7-20(8-10-22)18-26(19-30-24-17-23(24)21-5-2-1-3-6-21)13-15-31(16-14-26)25(32)27(29)11-4-12-27/h1-3,5-10,23-24,30H,4,11-19,29H2/t23-,24+/m0/s1. The fraction of sp³-hybridized carbons (Fsp3) is 0.519. The zero-order valence-corrected chi connectivity index (χ0v) is 18.7. The Morgan fingerprint density at radius 3 is 2.34 bits per heavy atom. The molecule has 3 N–H and O–H groups in total. The fourth-order valence-electron chi connectivity index (χ4n) is 5.56. The number of carbonyl (C=O) groups excluding carboxylic acids is 1. The first-order chi connectivity index (χ1) is 15.5. The maximum absolute atomic E-state index is 13.4. The van der Waals surface area contributed by atoms with E-state index in [-0.39, 0.29) is 17.1 Å². The van der Waals surface area contributed by atoms with Gasteiger partial charge in [0.25, 0.3) is 0 Å². The Labute approximate surface area is 190 Å². The van der Waals surface area contributed by atoms with Crippen LogP contribution in [0.25, 0.3) is 0 Å². The summed E-state index contributed by atoms with van der Waals surface area (Å²) in [5, 5.41) is 3.84. The highest BCUT2D eigenvalue weighted by molar-refractivity contribution is 5.87. The number of benzene rings is 2. The third-order valence-corrected chi connectivity index (χ3v) is 8.03. The van der Waals surface area contributed by atoms with Gasteiger partial charge in [-0.05, 0) is 73.6 Å². The van der Waals surface area contributed by atoms with Crippen LogP contribution in [-0.4, -0.2) is 42.0 Å². The van der Waals surface area contributed by atoms with E-state index in [1.807, 2.05) is 17.0 Å². The Bertz CT molecular complexity index is 933. The first kappa shape index (κ1) is 21.6. The van der Waals surface area contributed by atoms with E-state index in [1.54, 1.807) is 12.1 Å². The minimum Gasteiger partial charge on any atom is -0.341 e. The number of nitrogens with two attached hydrogens (primary N) is 1. The Morgan fingerprint density at radius 1 is 1.03 bits per heavy atom. The normalized spacial score (nSPS) is 25.8. The van der Waals surface area contributed by atoms with Crippen LogP contribution in [0.1, 0.15) is 55.6 Å². The predicted molar refractivity (Wildman–Crippen MR) is 125 cm³/mol. The van der Waals surface area contributed by atoms with Crippen molar-refractivity contribution in [1.82, 2.24) is 10.2 Å². The molecule has 1 saturated heterocycles. The maximum atomic E-state index is 13.4. The van der Waals surface area contributed by atoms with Gasteiger partial charge in [0.2, 0.25) is 5.91 Å². The highest BCUT2D eigenvalue weighted by atomic mass is 19.1. The van der Waals surface area contributed by atoms with E-state index in [2.05, 4.69) is 35.6 Å². The van der Waals surface area contributed by atoms with Crippen molar-refractivity contribution in [1.29, 1.82) is 0 Å². The Balaban J connectivity index is 1.25. The van der Waals surface area contributed by atoms with Crippen LogP contribution < -0.4 is 11.1 Å². The first-order valence-corrected chi connectivity index (χ1v) is 12.1. The quantitative estimate of drug-likeness (QED) is 0.691. The zero-order valence-electron chi connectivity index (χ0n) is 18.7. The molecule has 4 nitrogen and oxygen atoms in total. The van der Waals surface area contributed by atoms with E-state index in [0.29, 0.717) is 12.0 Å². The molecule has 0 unspecified atom stereocenters.